The van der Waals surface area contributed by atoms with Crippen LogP contribution in [0.1, 0.15) is 23.9 Å². The zero-order valence-corrected chi connectivity index (χ0v) is 16.0. The van der Waals surface area contributed by atoms with Crippen molar-refractivity contribution in [1.82, 2.24) is 10.3 Å². The Kier molecular flexibility index (Phi) is 6.22. The highest BCUT2D eigenvalue weighted by Gasteiger charge is 2.15. The van der Waals surface area contributed by atoms with E-state index >= 15 is 0 Å². The number of aryl methyl sites for hydroxylation is 2. The molecule has 0 unspecified atom stereocenters. The second kappa shape index (κ2) is 8.99. The predicted molar refractivity (Wildman–Crippen MR) is 108 cm³/mol. The van der Waals surface area contributed by atoms with Crippen LogP contribution in [0, 0.1) is 6.92 Å². The number of nitrogens with zero attached hydrogens (tertiary/aromatic N) is 1. The van der Waals surface area contributed by atoms with Gasteiger partial charge in [0.15, 0.2) is 0 Å². The molecule has 2 amide bonds. The number of anilines is 1. The van der Waals surface area contributed by atoms with Gasteiger partial charge in [0.25, 0.3) is 0 Å². The molecule has 2 N–H and O–H groups in total. The van der Waals surface area contributed by atoms with Crippen molar-refractivity contribution in [3.8, 4) is 11.5 Å². The van der Waals surface area contributed by atoms with Crippen LogP contribution >= 0.6 is 0 Å². The van der Waals surface area contributed by atoms with Crippen molar-refractivity contribution in [2.45, 2.75) is 26.7 Å². The Labute approximate surface area is 164 Å². The normalized spacial score (nSPS) is 10.5. The number of hydrogen-bond donors (Lipinski definition) is 2. The van der Waals surface area contributed by atoms with E-state index in [1.165, 1.54) is 5.56 Å². The van der Waals surface area contributed by atoms with Gasteiger partial charge < -0.3 is 15.1 Å². The summed E-state index contributed by atoms with van der Waals surface area (Å²) in [5, 5.41) is 5.33. The van der Waals surface area contributed by atoms with E-state index in [1.54, 1.807) is 19.1 Å². The van der Waals surface area contributed by atoms with Gasteiger partial charge in [-0.3, -0.25) is 9.59 Å². The molecule has 0 bridgehead atoms. The van der Waals surface area contributed by atoms with Gasteiger partial charge in [-0.2, -0.15) is 0 Å². The molecule has 3 rings (SSSR count). The van der Waals surface area contributed by atoms with Gasteiger partial charge >= 0.3 is 0 Å². The van der Waals surface area contributed by atoms with Crippen molar-refractivity contribution in [2.24, 2.45) is 0 Å². The maximum absolute atomic E-state index is 12.2. The molecule has 0 fully saturated rings. The molecule has 0 aliphatic rings. The van der Waals surface area contributed by atoms with Crippen LogP contribution < -0.4 is 10.6 Å². The molecule has 0 saturated carbocycles. The molecule has 0 radical (unpaired) electrons. The molecule has 0 aliphatic heterocycles. The Balaban J connectivity index is 1.55. The van der Waals surface area contributed by atoms with Crippen molar-refractivity contribution in [3.05, 3.63) is 71.6 Å². The third-order valence-electron chi connectivity index (χ3n) is 4.33. The molecule has 0 atom stereocenters. The van der Waals surface area contributed by atoms with Gasteiger partial charge in [-0.1, -0.05) is 37.3 Å². The number of carbonyl (C=O) groups excluding carboxylic acids is 2. The van der Waals surface area contributed by atoms with Gasteiger partial charge in [0, 0.05) is 11.3 Å². The topological polar surface area (TPSA) is 84.2 Å². The number of amides is 2. The molecule has 0 saturated heterocycles. The summed E-state index contributed by atoms with van der Waals surface area (Å²) in [4.78, 5) is 28.5. The Morgan fingerprint density at radius 3 is 2.39 bits per heavy atom. The van der Waals surface area contributed by atoms with E-state index in [-0.39, 0.29) is 24.8 Å². The number of nitrogens with one attached hydrogen (secondary N) is 2. The smallest absolute Gasteiger partial charge is 0.243 e. The molecule has 6 heteroatoms. The highest BCUT2D eigenvalue weighted by molar-refractivity contribution is 5.94. The summed E-state index contributed by atoms with van der Waals surface area (Å²) in [6, 6.07) is 17.1. The standard InChI is InChI=1S/C22H23N3O3/c1-3-16-9-11-17(12-10-16)22-25-19(15(2)28-22)13-20(26)23-14-21(27)24-18-7-5-4-6-8-18/h4-12H,3,13-14H2,1-2H3,(H,23,26)(H,24,27). The van der Waals surface area contributed by atoms with Crippen LogP contribution in [0.4, 0.5) is 5.69 Å². The number of hydrogen-bond acceptors (Lipinski definition) is 4. The molecule has 0 spiro atoms. The first-order valence-corrected chi connectivity index (χ1v) is 9.22. The summed E-state index contributed by atoms with van der Waals surface area (Å²) in [5.74, 6) is 0.517. The molecule has 2 aromatic carbocycles. The Bertz CT molecular complexity index is 947. The average molecular weight is 377 g/mol. The van der Waals surface area contributed by atoms with Crippen LogP contribution in [0.2, 0.25) is 0 Å². The molecule has 6 nitrogen and oxygen atoms in total. The van der Waals surface area contributed by atoms with Crippen molar-refractivity contribution in [2.75, 3.05) is 11.9 Å². The fourth-order valence-corrected chi connectivity index (χ4v) is 2.72. The lowest BCUT2D eigenvalue weighted by molar-refractivity contribution is -0.123. The number of benzene rings is 2. The van der Waals surface area contributed by atoms with E-state index in [2.05, 4.69) is 22.5 Å². The average Bonchev–Trinajstić information content (AvgIpc) is 3.07. The van der Waals surface area contributed by atoms with Gasteiger partial charge in [0.05, 0.1) is 18.7 Å². The lowest BCUT2D eigenvalue weighted by Gasteiger charge is -2.06. The number of para-hydroxylation sites is 1. The Morgan fingerprint density at radius 1 is 1.00 bits per heavy atom. The lowest BCUT2D eigenvalue weighted by atomic mass is 10.1. The molecular weight excluding hydrogens is 354 g/mol. The molecule has 144 valence electrons. The molecular formula is C22H23N3O3. The van der Waals surface area contributed by atoms with Crippen LogP contribution in [0.3, 0.4) is 0 Å². The van der Waals surface area contributed by atoms with Crippen LogP contribution in [0.5, 0.6) is 0 Å². The molecule has 1 heterocycles. The summed E-state index contributed by atoms with van der Waals surface area (Å²) in [6.07, 6.45) is 1.02. The second-order valence-electron chi connectivity index (χ2n) is 6.44. The highest BCUT2D eigenvalue weighted by Crippen LogP contribution is 2.22. The molecule has 1 aromatic heterocycles. The largest absolute Gasteiger partial charge is 0.441 e. The quantitative estimate of drug-likeness (QED) is 0.660. The van der Waals surface area contributed by atoms with E-state index in [0.29, 0.717) is 23.0 Å². The number of oxazole rings is 1. The summed E-state index contributed by atoms with van der Waals surface area (Å²) < 4.78 is 5.71. The fraction of sp³-hybridized carbons (Fsp3) is 0.227. The Hall–Kier alpha value is -3.41. The van der Waals surface area contributed by atoms with Gasteiger partial charge in [-0.25, -0.2) is 4.98 Å². The fourth-order valence-electron chi connectivity index (χ4n) is 2.72. The maximum Gasteiger partial charge on any atom is 0.243 e. The number of carbonyl (C=O) groups is 2. The van der Waals surface area contributed by atoms with Crippen LogP contribution in [0.25, 0.3) is 11.5 Å². The zero-order chi connectivity index (χ0) is 19.9. The van der Waals surface area contributed by atoms with Crippen molar-refractivity contribution < 1.29 is 14.0 Å². The maximum atomic E-state index is 12.2. The summed E-state index contributed by atoms with van der Waals surface area (Å²) >= 11 is 0. The zero-order valence-electron chi connectivity index (χ0n) is 16.0. The van der Waals surface area contributed by atoms with E-state index in [0.717, 1.165) is 12.0 Å². The van der Waals surface area contributed by atoms with Crippen molar-refractivity contribution in [1.29, 1.82) is 0 Å². The molecule has 0 aliphatic carbocycles. The van der Waals surface area contributed by atoms with Gasteiger partial charge in [0.2, 0.25) is 17.7 Å². The number of aromatic nitrogens is 1. The first-order valence-electron chi connectivity index (χ1n) is 9.22. The van der Waals surface area contributed by atoms with E-state index in [1.807, 2.05) is 42.5 Å². The highest BCUT2D eigenvalue weighted by atomic mass is 16.4. The summed E-state index contributed by atoms with van der Waals surface area (Å²) in [5.41, 5.74) is 3.36. The Morgan fingerprint density at radius 2 is 1.71 bits per heavy atom. The molecule has 3 aromatic rings. The SMILES string of the molecule is CCc1ccc(-c2nc(CC(=O)NCC(=O)Nc3ccccc3)c(C)o2)cc1. The summed E-state index contributed by atoms with van der Waals surface area (Å²) in [7, 11) is 0. The van der Waals surface area contributed by atoms with E-state index in [9.17, 15) is 9.59 Å². The monoisotopic (exact) mass is 377 g/mol. The number of rotatable bonds is 7. The third-order valence-corrected chi connectivity index (χ3v) is 4.33. The van der Waals surface area contributed by atoms with Gasteiger partial charge in [-0.15, -0.1) is 0 Å². The lowest BCUT2D eigenvalue weighted by Crippen LogP contribution is -2.33. The first kappa shape index (κ1) is 19.4. The van der Waals surface area contributed by atoms with E-state index < -0.39 is 0 Å². The third kappa shape index (κ3) is 5.07. The minimum atomic E-state index is -0.285. The van der Waals surface area contributed by atoms with Gasteiger partial charge in [-0.05, 0) is 43.2 Å². The molecule has 28 heavy (non-hydrogen) atoms. The van der Waals surface area contributed by atoms with Crippen LogP contribution in [-0.4, -0.2) is 23.3 Å². The van der Waals surface area contributed by atoms with Gasteiger partial charge in [0.1, 0.15) is 5.76 Å². The van der Waals surface area contributed by atoms with Crippen LogP contribution in [-0.2, 0) is 22.4 Å². The van der Waals surface area contributed by atoms with Crippen molar-refractivity contribution in [3.63, 3.8) is 0 Å². The second-order valence-corrected chi connectivity index (χ2v) is 6.44. The first-order chi connectivity index (χ1) is 13.5. The van der Waals surface area contributed by atoms with Crippen molar-refractivity contribution >= 4 is 17.5 Å². The van der Waals surface area contributed by atoms with Crippen LogP contribution in [0.15, 0.2) is 59.0 Å². The predicted octanol–water partition coefficient (Wildman–Crippen LogP) is 3.51. The minimum absolute atomic E-state index is 0.0565. The summed E-state index contributed by atoms with van der Waals surface area (Å²) in [6.45, 7) is 3.78. The van der Waals surface area contributed by atoms with E-state index in [4.69, 9.17) is 4.42 Å². The minimum Gasteiger partial charge on any atom is -0.441 e.